The second kappa shape index (κ2) is 9.12. The largest absolute Gasteiger partial charge is 0.503 e. The quantitative estimate of drug-likeness (QED) is 0.740. The Bertz CT molecular complexity index is 540. The van der Waals surface area contributed by atoms with Gasteiger partial charge in [0, 0.05) is 38.6 Å². The molecule has 1 saturated heterocycles. The number of nitrogens with one attached hydrogen (secondary N) is 1. The Morgan fingerprint density at radius 2 is 1.96 bits per heavy atom. The smallest absolute Gasteiger partial charge is 0.389 e. The number of hydrogen-bond donors (Lipinski definition) is 2. The van der Waals surface area contributed by atoms with Crippen LogP contribution in [0.2, 0.25) is 0 Å². The Morgan fingerprint density at radius 3 is 2.50 bits per heavy atom. The van der Waals surface area contributed by atoms with Gasteiger partial charge in [-0.1, -0.05) is 0 Å². The van der Waals surface area contributed by atoms with Gasteiger partial charge in [0.15, 0.2) is 11.5 Å². The van der Waals surface area contributed by atoms with Crippen molar-refractivity contribution in [2.45, 2.75) is 25.1 Å². The van der Waals surface area contributed by atoms with Crippen LogP contribution in [0.1, 0.15) is 24.4 Å². The first-order valence-corrected chi connectivity index (χ1v) is 8.19. The molecule has 0 saturated carbocycles. The third-order valence-electron chi connectivity index (χ3n) is 3.95. The van der Waals surface area contributed by atoms with E-state index in [0.717, 1.165) is 13.1 Å². The van der Waals surface area contributed by atoms with Crippen molar-refractivity contribution in [3.8, 4) is 11.5 Å². The molecule has 1 atom stereocenters. The molecular weight excluding hydrogens is 413 g/mol. The maximum Gasteiger partial charge on any atom is 0.389 e. The van der Waals surface area contributed by atoms with Crippen molar-refractivity contribution in [3.63, 3.8) is 0 Å². The fourth-order valence-corrected chi connectivity index (χ4v) is 3.26. The zero-order valence-corrected chi connectivity index (χ0v) is 15.6. The van der Waals surface area contributed by atoms with E-state index in [4.69, 9.17) is 4.74 Å². The fourth-order valence-electron chi connectivity index (χ4n) is 2.80. The van der Waals surface area contributed by atoms with Crippen LogP contribution in [0, 0.1) is 0 Å². The van der Waals surface area contributed by atoms with Gasteiger partial charge in [-0.3, -0.25) is 4.90 Å². The second-order valence-corrected chi connectivity index (χ2v) is 6.36. The second-order valence-electron chi connectivity index (χ2n) is 5.51. The van der Waals surface area contributed by atoms with Gasteiger partial charge < -0.3 is 15.2 Å². The molecular formula is C15H21BrClF3N2O2. The summed E-state index contributed by atoms with van der Waals surface area (Å²) >= 11 is 3.24. The topological polar surface area (TPSA) is 44.7 Å². The molecule has 0 unspecified atom stereocenters. The molecule has 1 aliphatic rings. The maximum absolute atomic E-state index is 12.7. The van der Waals surface area contributed by atoms with E-state index >= 15 is 0 Å². The predicted octanol–water partition coefficient (Wildman–Crippen LogP) is 3.87. The van der Waals surface area contributed by atoms with E-state index in [1.807, 2.05) is 4.90 Å². The van der Waals surface area contributed by atoms with E-state index in [2.05, 4.69) is 21.2 Å². The molecule has 138 valence electrons. The summed E-state index contributed by atoms with van der Waals surface area (Å²) in [5, 5.41) is 13.1. The van der Waals surface area contributed by atoms with Gasteiger partial charge in [-0.15, -0.1) is 12.4 Å². The van der Waals surface area contributed by atoms with Crippen molar-refractivity contribution in [2.75, 3.05) is 33.3 Å². The minimum atomic E-state index is -4.19. The van der Waals surface area contributed by atoms with Crippen LogP contribution >= 0.6 is 28.3 Å². The number of methoxy groups -OCH3 is 1. The molecule has 0 aromatic heterocycles. The Kier molecular flexibility index (Phi) is 8.11. The molecule has 1 aromatic rings. The lowest BCUT2D eigenvalue weighted by Gasteiger charge is -2.35. The van der Waals surface area contributed by atoms with Gasteiger partial charge in [0.2, 0.25) is 0 Å². The summed E-state index contributed by atoms with van der Waals surface area (Å²) in [4.78, 5) is 2.04. The van der Waals surface area contributed by atoms with E-state index < -0.39 is 12.6 Å². The van der Waals surface area contributed by atoms with Crippen LogP contribution < -0.4 is 10.1 Å². The summed E-state index contributed by atoms with van der Waals surface area (Å²) in [6, 6.07) is 2.91. The van der Waals surface area contributed by atoms with Crippen molar-refractivity contribution in [1.82, 2.24) is 10.2 Å². The highest BCUT2D eigenvalue weighted by atomic mass is 79.9. The maximum atomic E-state index is 12.7. The van der Waals surface area contributed by atoms with Crippen LogP contribution in [-0.4, -0.2) is 49.5 Å². The van der Waals surface area contributed by atoms with Crippen LogP contribution in [0.4, 0.5) is 13.2 Å². The third-order valence-corrected chi connectivity index (χ3v) is 4.55. The van der Waals surface area contributed by atoms with Gasteiger partial charge in [0.05, 0.1) is 11.6 Å². The monoisotopic (exact) mass is 432 g/mol. The number of rotatable bonds is 5. The molecule has 4 nitrogen and oxygen atoms in total. The summed E-state index contributed by atoms with van der Waals surface area (Å²) in [6.07, 6.45) is -5.06. The number of phenols is 1. The average molecular weight is 434 g/mol. The van der Waals surface area contributed by atoms with E-state index in [-0.39, 0.29) is 36.4 Å². The fraction of sp³-hybridized carbons (Fsp3) is 0.600. The van der Waals surface area contributed by atoms with E-state index in [1.165, 1.54) is 7.11 Å². The van der Waals surface area contributed by atoms with E-state index in [9.17, 15) is 18.3 Å². The lowest BCUT2D eigenvalue weighted by molar-refractivity contribution is -0.138. The van der Waals surface area contributed by atoms with Crippen LogP contribution in [0.15, 0.2) is 16.6 Å². The molecule has 1 heterocycles. The Morgan fingerprint density at radius 1 is 1.33 bits per heavy atom. The Balaban J connectivity index is 0.00000288. The van der Waals surface area contributed by atoms with Gasteiger partial charge in [0.1, 0.15) is 0 Å². The molecule has 24 heavy (non-hydrogen) atoms. The first-order chi connectivity index (χ1) is 10.8. The van der Waals surface area contributed by atoms with E-state index in [1.54, 1.807) is 12.1 Å². The number of aromatic hydroxyl groups is 1. The number of piperazine rings is 1. The standard InChI is InChI=1S/C15H20BrF3N2O2.ClH/c1-23-13-9-10(8-11(16)14(13)22)12(2-3-15(17,18)19)21-6-4-20-5-7-21;/h8-9,12,20,22H,2-7H2,1H3;1H/t12-;/m1./s1. The number of alkyl halides is 3. The van der Waals surface area contributed by atoms with E-state index in [0.29, 0.717) is 23.1 Å². The normalized spacial score (nSPS) is 17.2. The van der Waals surface area contributed by atoms with Gasteiger partial charge in [-0.25, -0.2) is 0 Å². The number of ether oxygens (including phenoxy) is 1. The molecule has 0 radical (unpaired) electrons. The minimum Gasteiger partial charge on any atom is -0.503 e. The molecule has 0 bridgehead atoms. The molecule has 2 N–H and O–H groups in total. The Hall–Kier alpha value is -0.700. The summed E-state index contributed by atoms with van der Waals surface area (Å²) in [7, 11) is 1.42. The van der Waals surface area contributed by atoms with Crippen LogP contribution in [0.25, 0.3) is 0 Å². The molecule has 1 aromatic carbocycles. The first-order valence-electron chi connectivity index (χ1n) is 7.39. The molecule has 1 fully saturated rings. The van der Waals surface area contributed by atoms with Crippen molar-refractivity contribution in [1.29, 1.82) is 0 Å². The van der Waals surface area contributed by atoms with Crippen molar-refractivity contribution in [3.05, 3.63) is 22.2 Å². The minimum absolute atomic E-state index is 0. The predicted molar refractivity (Wildman–Crippen MR) is 92.1 cm³/mol. The Labute approximate surface area is 153 Å². The number of phenolic OH excluding ortho intramolecular Hbond substituents is 1. The summed E-state index contributed by atoms with van der Waals surface area (Å²) in [5.74, 6) is 0.202. The summed E-state index contributed by atoms with van der Waals surface area (Å²) < 4.78 is 43.6. The molecule has 2 rings (SSSR count). The SMILES string of the molecule is COc1cc([C@@H](CCC(F)(F)F)N2CCNCC2)cc(Br)c1O.Cl. The van der Waals surface area contributed by atoms with Gasteiger partial charge in [-0.2, -0.15) is 13.2 Å². The third kappa shape index (κ3) is 5.68. The van der Waals surface area contributed by atoms with Crippen LogP contribution in [0.5, 0.6) is 11.5 Å². The van der Waals surface area contributed by atoms with Gasteiger partial charge in [-0.05, 0) is 40.0 Å². The van der Waals surface area contributed by atoms with Gasteiger partial charge in [0.25, 0.3) is 0 Å². The van der Waals surface area contributed by atoms with Crippen molar-refractivity contribution in [2.24, 2.45) is 0 Å². The average Bonchev–Trinajstić information content (AvgIpc) is 2.50. The molecule has 1 aliphatic heterocycles. The van der Waals surface area contributed by atoms with Crippen molar-refractivity contribution < 1.29 is 23.0 Å². The molecule has 0 spiro atoms. The number of benzene rings is 1. The lowest BCUT2D eigenvalue weighted by atomic mass is 9.98. The highest BCUT2D eigenvalue weighted by molar-refractivity contribution is 9.10. The zero-order valence-electron chi connectivity index (χ0n) is 13.2. The lowest BCUT2D eigenvalue weighted by Crippen LogP contribution is -2.45. The highest BCUT2D eigenvalue weighted by Gasteiger charge is 2.31. The van der Waals surface area contributed by atoms with Crippen LogP contribution in [-0.2, 0) is 0 Å². The number of hydrogen-bond acceptors (Lipinski definition) is 4. The first kappa shape index (κ1) is 21.3. The summed E-state index contributed by atoms with van der Waals surface area (Å²) in [6.45, 7) is 2.87. The molecule has 9 heteroatoms. The summed E-state index contributed by atoms with van der Waals surface area (Å²) in [5.41, 5.74) is 0.706. The van der Waals surface area contributed by atoms with Gasteiger partial charge >= 0.3 is 6.18 Å². The zero-order chi connectivity index (χ0) is 17.0. The number of nitrogens with zero attached hydrogens (tertiary/aromatic N) is 1. The highest BCUT2D eigenvalue weighted by Crippen LogP contribution is 2.40. The van der Waals surface area contributed by atoms with Crippen molar-refractivity contribution >= 4 is 28.3 Å². The number of halogens is 5. The molecule has 0 aliphatic carbocycles. The van der Waals surface area contributed by atoms with Crippen LogP contribution in [0.3, 0.4) is 0 Å². The molecule has 0 amide bonds.